The molecule has 1 atom stereocenters. The van der Waals surface area contributed by atoms with Crippen molar-refractivity contribution in [2.24, 2.45) is 21.0 Å². The number of amidine groups is 1. The fourth-order valence-corrected chi connectivity index (χ4v) is 1.55. The highest BCUT2D eigenvalue weighted by Crippen LogP contribution is 2.29. The van der Waals surface area contributed by atoms with E-state index in [1.807, 2.05) is 0 Å². The second-order valence-electron chi connectivity index (χ2n) is 2.87. The lowest BCUT2D eigenvalue weighted by Crippen LogP contribution is -2.31. The lowest BCUT2D eigenvalue weighted by atomic mass is 10.3. The molecule has 16 heavy (non-hydrogen) atoms. The van der Waals surface area contributed by atoms with E-state index in [0.717, 1.165) is 11.9 Å². The van der Waals surface area contributed by atoms with Crippen molar-refractivity contribution in [1.29, 1.82) is 0 Å². The molecule has 5 nitrogen and oxygen atoms in total. The fraction of sp³-hybridized carbons (Fsp3) is 0.222. The minimum atomic E-state index is -1.47. The van der Waals surface area contributed by atoms with E-state index in [9.17, 15) is 9.30 Å². The third kappa shape index (κ3) is 3.28. The van der Waals surface area contributed by atoms with Gasteiger partial charge in [0.05, 0.1) is 4.90 Å². The van der Waals surface area contributed by atoms with Gasteiger partial charge in [0.1, 0.15) is 11.5 Å². The zero-order valence-corrected chi connectivity index (χ0v) is 9.15. The molecule has 0 fully saturated rings. The van der Waals surface area contributed by atoms with Crippen LogP contribution < -0.4 is 11.5 Å². The molecule has 0 amide bonds. The van der Waals surface area contributed by atoms with Crippen molar-refractivity contribution < 1.29 is 4.39 Å². The Morgan fingerprint density at radius 1 is 1.50 bits per heavy atom. The maximum atomic E-state index is 12.9. The van der Waals surface area contributed by atoms with Crippen LogP contribution in [0.15, 0.2) is 38.7 Å². The molecule has 86 valence electrons. The topological polar surface area (TPSA) is 93.8 Å². The summed E-state index contributed by atoms with van der Waals surface area (Å²) in [5.41, 5.74) is 10.7. The van der Waals surface area contributed by atoms with Gasteiger partial charge in [0.2, 0.25) is 0 Å². The standard InChI is InChI=1S/C9H11FN4OS/c10-6(5-11)9(12)14-16-8-4-2-1-3-7(8)13-15/h1-4,6H,5,11H2,(H2,12,14). The highest BCUT2D eigenvalue weighted by molar-refractivity contribution is 7.98. The van der Waals surface area contributed by atoms with E-state index in [1.54, 1.807) is 18.2 Å². The Morgan fingerprint density at radius 3 is 2.81 bits per heavy atom. The Hall–Kier alpha value is -1.47. The van der Waals surface area contributed by atoms with Crippen LogP contribution in [0, 0.1) is 4.91 Å². The van der Waals surface area contributed by atoms with Crippen LogP contribution in [0.4, 0.5) is 10.1 Å². The Balaban J connectivity index is 2.77. The molecule has 1 aromatic rings. The summed E-state index contributed by atoms with van der Waals surface area (Å²) in [5.74, 6) is -0.201. The van der Waals surface area contributed by atoms with Crippen molar-refractivity contribution in [2.75, 3.05) is 6.54 Å². The number of nitroso groups, excluding NO2 is 1. The first-order valence-corrected chi connectivity index (χ1v) is 5.23. The SMILES string of the molecule is NCC(F)C(N)=NSc1ccccc1N=O. The first-order chi connectivity index (χ1) is 7.69. The van der Waals surface area contributed by atoms with Gasteiger partial charge in [-0.1, -0.05) is 12.1 Å². The molecule has 1 rings (SSSR count). The third-order valence-corrected chi connectivity index (χ3v) is 2.58. The summed E-state index contributed by atoms with van der Waals surface area (Å²) in [6.45, 7) is -0.219. The first kappa shape index (κ1) is 12.6. The zero-order chi connectivity index (χ0) is 12.0. The quantitative estimate of drug-likeness (QED) is 0.356. The van der Waals surface area contributed by atoms with Gasteiger partial charge in [-0.2, -0.15) is 4.40 Å². The van der Waals surface area contributed by atoms with E-state index in [-0.39, 0.29) is 18.1 Å². The number of nitrogens with two attached hydrogens (primary N) is 2. The molecule has 0 aliphatic heterocycles. The number of nitrogens with zero attached hydrogens (tertiary/aromatic N) is 2. The lowest BCUT2D eigenvalue weighted by Gasteiger charge is -2.03. The summed E-state index contributed by atoms with van der Waals surface area (Å²) >= 11 is 0.897. The van der Waals surface area contributed by atoms with Crippen LogP contribution in [0.2, 0.25) is 0 Å². The summed E-state index contributed by atoms with van der Waals surface area (Å²) in [4.78, 5) is 10.9. The van der Waals surface area contributed by atoms with E-state index in [4.69, 9.17) is 11.5 Å². The van der Waals surface area contributed by atoms with Crippen molar-refractivity contribution in [3.8, 4) is 0 Å². The summed E-state index contributed by atoms with van der Waals surface area (Å²) < 4.78 is 16.7. The van der Waals surface area contributed by atoms with Crippen LogP contribution in [0.5, 0.6) is 0 Å². The monoisotopic (exact) mass is 242 g/mol. The zero-order valence-electron chi connectivity index (χ0n) is 8.34. The average molecular weight is 242 g/mol. The van der Waals surface area contributed by atoms with Gasteiger partial charge in [-0.25, -0.2) is 4.39 Å². The van der Waals surface area contributed by atoms with Gasteiger partial charge in [0.15, 0.2) is 6.17 Å². The van der Waals surface area contributed by atoms with Crippen molar-refractivity contribution in [3.05, 3.63) is 29.2 Å². The van der Waals surface area contributed by atoms with Crippen LogP contribution in [-0.4, -0.2) is 18.6 Å². The average Bonchev–Trinajstić information content (AvgIpc) is 2.35. The van der Waals surface area contributed by atoms with Crippen LogP contribution in [0.25, 0.3) is 0 Å². The number of rotatable bonds is 5. The van der Waals surface area contributed by atoms with Crippen molar-refractivity contribution >= 4 is 23.5 Å². The first-order valence-electron chi connectivity index (χ1n) is 4.46. The molecule has 0 aromatic heterocycles. The second kappa shape index (κ2) is 6.19. The molecule has 0 saturated heterocycles. The maximum Gasteiger partial charge on any atom is 0.170 e. The summed E-state index contributed by atoms with van der Waals surface area (Å²) in [6.07, 6.45) is -1.47. The van der Waals surface area contributed by atoms with Crippen molar-refractivity contribution in [3.63, 3.8) is 0 Å². The molecule has 0 spiro atoms. The molecule has 1 unspecified atom stereocenters. The van der Waals surface area contributed by atoms with E-state index >= 15 is 0 Å². The van der Waals surface area contributed by atoms with Gasteiger partial charge in [-0.05, 0) is 17.3 Å². The number of hydrogen-bond donors (Lipinski definition) is 2. The number of alkyl halides is 1. The molecule has 0 heterocycles. The van der Waals surface area contributed by atoms with Crippen LogP contribution in [0.3, 0.4) is 0 Å². The molecule has 0 aliphatic rings. The minimum absolute atomic E-state index is 0.201. The largest absolute Gasteiger partial charge is 0.384 e. The lowest BCUT2D eigenvalue weighted by molar-refractivity contribution is 0.430. The smallest absolute Gasteiger partial charge is 0.170 e. The van der Waals surface area contributed by atoms with E-state index < -0.39 is 6.17 Å². The summed E-state index contributed by atoms with van der Waals surface area (Å²) in [5, 5.41) is 2.81. The van der Waals surface area contributed by atoms with Crippen LogP contribution >= 0.6 is 11.9 Å². The Bertz CT molecular complexity index is 399. The minimum Gasteiger partial charge on any atom is -0.384 e. The van der Waals surface area contributed by atoms with Gasteiger partial charge >= 0.3 is 0 Å². The predicted octanol–water partition coefficient (Wildman–Crippen LogP) is 1.75. The summed E-state index contributed by atoms with van der Waals surface area (Å²) in [6, 6.07) is 6.58. The molecule has 0 saturated carbocycles. The van der Waals surface area contributed by atoms with Crippen molar-refractivity contribution in [1.82, 2.24) is 0 Å². The maximum absolute atomic E-state index is 12.9. The highest BCUT2D eigenvalue weighted by atomic mass is 32.2. The van der Waals surface area contributed by atoms with Gasteiger partial charge < -0.3 is 11.5 Å². The molecule has 1 aromatic carbocycles. The predicted molar refractivity (Wildman–Crippen MR) is 63.3 cm³/mol. The van der Waals surface area contributed by atoms with Gasteiger partial charge in [0.25, 0.3) is 0 Å². The Kier molecular flexibility index (Phi) is 4.87. The van der Waals surface area contributed by atoms with Gasteiger partial charge in [0, 0.05) is 18.5 Å². The molecular formula is C9H11FN4OS. The van der Waals surface area contributed by atoms with E-state index in [2.05, 4.69) is 9.57 Å². The molecule has 4 N–H and O–H groups in total. The normalized spacial score (nSPS) is 13.5. The van der Waals surface area contributed by atoms with Crippen molar-refractivity contribution in [2.45, 2.75) is 11.1 Å². The third-order valence-electron chi connectivity index (χ3n) is 1.74. The van der Waals surface area contributed by atoms with E-state index in [1.165, 1.54) is 6.07 Å². The van der Waals surface area contributed by atoms with Crippen LogP contribution in [-0.2, 0) is 0 Å². The van der Waals surface area contributed by atoms with E-state index in [0.29, 0.717) is 4.90 Å². The van der Waals surface area contributed by atoms with Gasteiger partial charge in [-0.3, -0.25) is 0 Å². The molecule has 7 heteroatoms. The highest BCUT2D eigenvalue weighted by Gasteiger charge is 2.09. The molecule has 0 radical (unpaired) electrons. The number of benzene rings is 1. The fourth-order valence-electron chi connectivity index (χ4n) is 0.890. The summed E-state index contributed by atoms with van der Waals surface area (Å²) in [7, 11) is 0. The molecule has 0 bridgehead atoms. The van der Waals surface area contributed by atoms with Gasteiger partial charge in [-0.15, -0.1) is 4.91 Å². The number of halogens is 1. The van der Waals surface area contributed by atoms with Crippen LogP contribution in [0.1, 0.15) is 0 Å². The molecular weight excluding hydrogens is 231 g/mol. The molecule has 0 aliphatic carbocycles. The second-order valence-corrected chi connectivity index (χ2v) is 3.67. The Labute approximate surface area is 96.2 Å². The number of hydrogen-bond acceptors (Lipinski definition) is 5. The Morgan fingerprint density at radius 2 is 2.19 bits per heavy atom.